The molecule has 1 aromatic rings. The normalized spacial score (nSPS) is 9.54. The van der Waals surface area contributed by atoms with Crippen molar-refractivity contribution in [2.75, 3.05) is 6.61 Å². The lowest BCUT2D eigenvalue weighted by molar-refractivity contribution is 0.273. The SMILES string of the molecule is N#Cc1cn(CCO)c(=O)[nH]c1=O. The Morgan fingerprint density at radius 3 is 2.85 bits per heavy atom. The number of nitriles is 1. The number of nitrogens with zero attached hydrogens (tertiary/aromatic N) is 2. The fourth-order valence-electron chi connectivity index (χ4n) is 0.863. The maximum absolute atomic E-state index is 11.0. The van der Waals surface area contributed by atoms with Crippen molar-refractivity contribution in [2.24, 2.45) is 0 Å². The molecule has 0 amide bonds. The molecule has 0 aliphatic heterocycles. The van der Waals surface area contributed by atoms with Crippen LogP contribution < -0.4 is 11.2 Å². The van der Waals surface area contributed by atoms with Gasteiger partial charge in [0.1, 0.15) is 11.6 Å². The largest absolute Gasteiger partial charge is 0.395 e. The Balaban J connectivity index is 3.33. The summed E-state index contributed by atoms with van der Waals surface area (Å²) in [6.45, 7) is -0.166. The molecule has 0 fully saturated rings. The van der Waals surface area contributed by atoms with E-state index in [9.17, 15) is 9.59 Å². The summed E-state index contributed by atoms with van der Waals surface area (Å²) >= 11 is 0. The Bertz CT molecular complexity index is 451. The van der Waals surface area contributed by atoms with E-state index < -0.39 is 11.2 Å². The van der Waals surface area contributed by atoms with Crippen LogP contribution in [0.1, 0.15) is 5.56 Å². The van der Waals surface area contributed by atoms with Gasteiger partial charge in [0.15, 0.2) is 0 Å². The molecule has 0 aromatic carbocycles. The van der Waals surface area contributed by atoms with Crippen LogP contribution in [0.25, 0.3) is 0 Å². The molecule has 1 rings (SSSR count). The van der Waals surface area contributed by atoms with Crippen molar-refractivity contribution in [1.29, 1.82) is 5.26 Å². The quantitative estimate of drug-likeness (QED) is 0.574. The molecule has 13 heavy (non-hydrogen) atoms. The summed E-state index contributed by atoms with van der Waals surface area (Å²) in [5.74, 6) is 0. The smallest absolute Gasteiger partial charge is 0.328 e. The summed E-state index contributed by atoms with van der Waals surface area (Å²) in [7, 11) is 0. The predicted octanol–water partition coefficient (Wildman–Crippen LogP) is -1.60. The first-order valence-corrected chi connectivity index (χ1v) is 3.53. The van der Waals surface area contributed by atoms with E-state index in [1.165, 1.54) is 0 Å². The molecule has 2 N–H and O–H groups in total. The maximum atomic E-state index is 11.0. The molecule has 6 nitrogen and oxygen atoms in total. The van der Waals surface area contributed by atoms with Gasteiger partial charge in [-0.15, -0.1) is 0 Å². The number of hydrogen-bond acceptors (Lipinski definition) is 4. The first-order chi connectivity index (χ1) is 6.19. The van der Waals surface area contributed by atoms with Gasteiger partial charge < -0.3 is 5.11 Å². The zero-order valence-electron chi connectivity index (χ0n) is 6.65. The van der Waals surface area contributed by atoms with Gasteiger partial charge in [0, 0.05) is 6.20 Å². The minimum atomic E-state index is -0.707. The Kier molecular flexibility index (Phi) is 2.62. The topological polar surface area (TPSA) is 98.9 Å². The standard InChI is InChI=1S/C7H7N3O3/c8-3-5-4-10(1-2-11)7(13)9-6(5)12/h4,11H,1-2H2,(H,9,12,13). The first-order valence-electron chi connectivity index (χ1n) is 3.53. The summed E-state index contributed by atoms with van der Waals surface area (Å²) in [6.07, 6.45) is 1.12. The second-order valence-corrected chi connectivity index (χ2v) is 2.33. The molecule has 0 unspecified atom stereocenters. The fourth-order valence-corrected chi connectivity index (χ4v) is 0.863. The van der Waals surface area contributed by atoms with Gasteiger partial charge in [0.05, 0.1) is 13.2 Å². The molecule has 0 aliphatic carbocycles. The van der Waals surface area contributed by atoms with E-state index in [4.69, 9.17) is 10.4 Å². The summed E-state index contributed by atoms with van der Waals surface area (Å²) in [4.78, 5) is 23.8. The lowest BCUT2D eigenvalue weighted by atomic mass is 10.4. The van der Waals surface area contributed by atoms with Crippen molar-refractivity contribution in [2.45, 2.75) is 6.54 Å². The Morgan fingerprint density at radius 2 is 2.31 bits per heavy atom. The van der Waals surface area contributed by atoms with Gasteiger partial charge in [-0.2, -0.15) is 5.26 Å². The van der Waals surface area contributed by atoms with Gasteiger partial charge in [0.2, 0.25) is 0 Å². The van der Waals surface area contributed by atoms with E-state index in [-0.39, 0.29) is 18.7 Å². The molecule has 68 valence electrons. The molecule has 1 aromatic heterocycles. The molecule has 0 aliphatic rings. The predicted molar refractivity (Wildman–Crippen MR) is 43.1 cm³/mol. The summed E-state index contributed by atoms with van der Waals surface area (Å²) < 4.78 is 1.07. The monoisotopic (exact) mass is 181 g/mol. The lowest BCUT2D eigenvalue weighted by Gasteiger charge is -2.00. The molecule has 0 bridgehead atoms. The average Bonchev–Trinajstić information content (AvgIpc) is 2.10. The number of aliphatic hydroxyl groups is 1. The molecule has 0 radical (unpaired) electrons. The Hall–Kier alpha value is -1.87. The number of aromatic nitrogens is 2. The van der Waals surface area contributed by atoms with Crippen molar-refractivity contribution >= 4 is 0 Å². The van der Waals surface area contributed by atoms with Crippen molar-refractivity contribution in [3.8, 4) is 6.07 Å². The summed E-state index contributed by atoms with van der Waals surface area (Å²) in [6, 6.07) is 1.64. The van der Waals surface area contributed by atoms with Crippen LogP contribution >= 0.6 is 0 Å². The number of hydrogen-bond donors (Lipinski definition) is 2. The van der Waals surface area contributed by atoms with E-state index in [2.05, 4.69) is 0 Å². The third kappa shape index (κ3) is 1.83. The second-order valence-electron chi connectivity index (χ2n) is 2.33. The molecular formula is C7H7N3O3. The lowest BCUT2D eigenvalue weighted by Crippen LogP contribution is -2.31. The first kappa shape index (κ1) is 9.22. The minimum absolute atomic E-state index is 0.0598. The zero-order valence-corrected chi connectivity index (χ0v) is 6.65. The average molecular weight is 181 g/mol. The Labute approximate surface area is 72.7 Å². The Morgan fingerprint density at radius 1 is 1.62 bits per heavy atom. The highest BCUT2D eigenvalue weighted by molar-refractivity contribution is 5.21. The second kappa shape index (κ2) is 3.69. The molecule has 1 heterocycles. The molecule has 0 saturated heterocycles. The number of H-pyrrole nitrogens is 1. The summed E-state index contributed by atoms with van der Waals surface area (Å²) in [5.41, 5.74) is -1.48. The van der Waals surface area contributed by atoms with E-state index >= 15 is 0 Å². The third-order valence-corrected chi connectivity index (χ3v) is 1.47. The maximum Gasteiger partial charge on any atom is 0.328 e. The van der Waals surface area contributed by atoms with Crippen molar-refractivity contribution < 1.29 is 5.11 Å². The van der Waals surface area contributed by atoms with Crippen LogP contribution in [0.3, 0.4) is 0 Å². The van der Waals surface area contributed by atoms with E-state index in [0.717, 1.165) is 10.8 Å². The van der Waals surface area contributed by atoms with E-state index in [1.807, 2.05) is 4.98 Å². The van der Waals surface area contributed by atoms with E-state index in [1.54, 1.807) is 6.07 Å². The molecular weight excluding hydrogens is 174 g/mol. The van der Waals surface area contributed by atoms with Crippen LogP contribution in [0.2, 0.25) is 0 Å². The van der Waals surface area contributed by atoms with Gasteiger partial charge in [-0.25, -0.2) is 4.79 Å². The van der Waals surface area contributed by atoms with Crippen LogP contribution in [-0.2, 0) is 6.54 Å². The number of nitrogens with one attached hydrogen (secondary N) is 1. The van der Waals surface area contributed by atoms with E-state index in [0.29, 0.717) is 0 Å². The molecule has 0 spiro atoms. The number of aliphatic hydroxyl groups excluding tert-OH is 1. The summed E-state index contributed by atoms with van der Waals surface area (Å²) in [5, 5.41) is 17.0. The molecule has 6 heteroatoms. The van der Waals surface area contributed by atoms with Crippen LogP contribution in [0, 0.1) is 11.3 Å². The number of aromatic amines is 1. The minimum Gasteiger partial charge on any atom is -0.395 e. The molecule has 0 atom stereocenters. The fraction of sp³-hybridized carbons (Fsp3) is 0.286. The third-order valence-electron chi connectivity index (χ3n) is 1.47. The van der Waals surface area contributed by atoms with Crippen LogP contribution in [0.4, 0.5) is 0 Å². The highest BCUT2D eigenvalue weighted by Gasteiger charge is 2.02. The van der Waals surface area contributed by atoms with Crippen LogP contribution in [0.5, 0.6) is 0 Å². The molecule has 0 saturated carbocycles. The van der Waals surface area contributed by atoms with Gasteiger partial charge >= 0.3 is 5.69 Å². The van der Waals surface area contributed by atoms with Gasteiger partial charge in [0.25, 0.3) is 5.56 Å². The van der Waals surface area contributed by atoms with Gasteiger partial charge in [-0.3, -0.25) is 14.3 Å². The highest BCUT2D eigenvalue weighted by Crippen LogP contribution is 1.83. The van der Waals surface area contributed by atoms with Gasteiger partial charge in [-0.05, 0) is 0 Å². The number of rotatable bonds is 2. The van der Waals surface area contributed by atoms with Gasteiger partial charge in [-0.1, -0.05) is 0 Å². The van der Waals surface area contributed by atoms with Crippen LogP contribution in [-0.4, -0.2) is 21.3 Å². The highest BCUT2D eigenvalue weighted by atomic mass is 16.3. The van der Waals surface area contributed by atoms with Crippen molar-refractivity contribution in [3.05, 3.63) is 32.6 Å². The zero-order chi connectivity index (χ0) is 9.84. The van der Waals surface area contributed by atoms with Crippen molar-refractivity contribution in [1.82, 2.24) is 9.55 Å². The van der Waals surface area contributed by atoms with Crippen LogP contribution in [0.15, 0.2) is 15.8 Å². The van der Waals surface area contributed by atoms with Crippen molar-refractivity contribution in [3.63, 3.8) is 0 Å².